The van der Waals surface area contributed by atoms with Gasteiger partial charge < -0.3 is 35.5 Å². The quantitative estimate of drug-likeness (QED) is 0.0936. The second-order valence-corrected chi connectivity index (χ2v) is 12.9. The molecule has 0 aliphatic heterocycles. The molecule has 13 nitrogen and oxygen atoms in total. The highest BCUT2D eigenvalue weighted by Crippen LogP contribution is 2.43. The first-order valence-electron chi connectivity index (χ1n) is 17.0. The normalized spacial score (nSPS) is 13.7. The van der Waals surface area contributed by atoms with E-state index >= 15 is 0 Å². The highest BCUT2D eigenvalue weighted by Gasteiger charge is 2.29. The van der Waals surface area contributed by atoms with E-state index in [0.29, 0.717) is 52.3 Å². The number of fused-ring (bicyclic) bond motifs is 1. The Kier molecular flexibility index (Phi) is 12.1. The zero-order chi connectivity index (χ0) is 38.0. The molecule has 0 bridgehead atoms. The number of nitrogens with one attached hydrogen (secondary N) is 4. The number of halogens is 2. The Hall–Kier alpha value is -6.30. The van der Waals surface area contributed by atoms with Crippen molar-refractivity contribution in [1.29, 1.82) is 5.26 Å². The highest BCUT2D eigenvalue weighted by atomic mass is 35.5. The van der Waals surface area contributed by atoms with E-state index in [9.17, 15) is 24.0 Å². The molecule has 0 unspecified atom stereocenters. The number of hydrogen-bond acceptors (Lipinski definition) is 9. The third-order valence-corrected chi connectivity index (χ3v) is 9.07. The number of pyridine rings is 1. The molecule has 54 heavy (non-hydrogen) atoms. The molecule has 2 heterocycles. The van der Waals surface area contributed by atoms with Crippen LogP contribution in [0.3, 0.4) is 0 Å². The zero-order valence-electron chi connectivity index (χ0n) is 28.8. The lowest BCUT2D eigenvalue weighted by atomic mass is 9.96. The van der Waals surface area contributed by atoms with Crippen LogP contribution in [0.1, 0.15) is 46.0 Å². The van der Waals surface area contributed by atoms with Crippen LogP contribution in [0.4, 0.5) is 4.39 Å². The van der Waals surface area contributed by atoms with Crippen LogP contribution in [-0.4, -0.2) is 57.0 Å². The lowest BCUT2D eigenvalue weighted by Gasteiger charge is -2.21. The van der Waals surface area contributed by atoms with E-state index in [0.717, 1.165) is 16.7 Å². The molecule has 1 aliphatic rings. The number of imidazole rings is 1. The summed E-state index contributed by atoms with van der Waals surface area (Å²) in [5, 5.41) is 26.4. The van der Waals surface area contributed by atoms with Gasteiger partial charge in [-0.15, -0.1) is 0 Å². The number of rotatable bonds is 16. The largest absolute Gasteiger partial charge is 0.488 e. The van der Waals surface area contributed by atoms with Gasteiger partial charge in [-0.25, -0.2) is 9.37 Å². The van der Waals surface area contributed by atoms with Gasteiger partial charge in [-0.1, -0.05) is 48.0 Å². The van der Waals surface area contributed by atoms with E-state index in [4.69, 9.17) is 26.2 Å². The van der Waals surface area contributed by atoms with Crippen molar-refractivity contribution in [3.05, 3.63) is 130 Å². The maximum Gasteiger partial charge on any atom is 0.322 e. The number of carbonyl (C=O) groups excluding carboxylic acids is 2. The van der Waals surface area contributed by atoms with Gasteiger partial charge in [0.05, 0.1) is 29.5 Å². The minimum atomic E-state index is -1.21. The van der Waals surface area contributed by atoms with Crippen molar-refractivity contribution in [3.8, 4) is 28.7 Å². The zero-order valence-corrected chi connectivity index (χ0v) is 29.5. The first-order valence-corrected chi connectivity index (χ1v) is 17.4. The Labute approximate surface area is 314 Å². The monoisotopic (exact) mass is 751 g/mol. The first-order chi connectivity index (χ1) is 26.2. The molecular weight excluding hydrogens is 717 g/mol. The van der Waals surface area contributed by atoms with Gasteiger partial charge >= 0.3 is 5.97 Å². The Bertz CT molecular complexity index is 2190. The minimum absolute atomic E-state index is 0.0539. The standard InChI is InChI=1S/C39H35ClFN7O6/c40-31-11-25(17-45-33(12-26-18-44-22-48-26)39(52)47-19-37(49)46-20-38(50)51)35(53-21-24-10-23(14-42)15-43-16-24)13-36(31)54-34-9-8-28-27(5-3-6-30(28)34)29-4-1-2-7-32(29)41/h1-7,10-11,13,15-16,18,22,33-34,45H,8-9,12,17,19-21H2,(H,44,48)(H,46,49)(H,47,52)(H,50,51)/t33-,34-/m0/s1. The number of nitrogens with zero attached hydrogens (tertiary/aromatic N) is 3. The van der Waals surface area contributed by atoms with Crippen LogP contribution >= 0.6 is 11.6 Å². The minimum Gasteiger partial charge on any atom is -0.488 e. The molecule has 276 valence electrons. The van der Waals surface area contributed by atoms with E-state index in [1.165, 1.54) is 18.6 Å². The molecular formula is C39H35ClFN7O6. The Morgan fingerprint density at radius 3 is 2.63 bits per heavy atom. The molecule has 5 N–H and O–H groups in total. The van der Waals surface area contributed by atoms with Crippen molar-refractivity contribution in [3.63, 3.8) is 0 Å². The molecule has 2 amide bonds. The molecule has 0 radical (unpaired) electrons. The van der Waals surface area contributed by atoms with E-state index in [-0.39, 0.29) is 36.5 Å². The van der Waals surface area contributed by atoms with Gasteiger partial charge in [0.15, 0.2) is 0 Å². The number of carboxylic acid groups (broad SMARTS) is 1. The van der Waals surface area contributed by atoms with Gasteiger partial charge in [-0.3, -0.25) is 19.4 Å². The number of aliphatic carboxylic acids is 1. The van der Waals surface area contributed by atoms with E-state index in [1.54, 1.807) is 48.8 Å². The van der Waals surface area contributed by atoms with E-state index in [1.807, 2.05) is 18.2 Å². The fraction of sp³-hybridized carbons (Fsp3) is 0.231. The maximum absolute atomic E-state index is 14.8. The van der Waals surface area contributed by atoms with Crippen molar-refractivity contribution in [2.45, 2.75) is 44.6 Å². The van der Waals surface area contributed by atoms with Crippen LogP contribution < -0.4 is 25.4 Å². The molecule has 5 aromatic rings. The van der Waals surface area contributed by atoms with Crippen LogP contribution in [0.15, 0.2) is 85.6 Å². The van der Waals surface area contributed by atoms with Gasteiger partial charge in [-0.05, 0) is 47.7 Å². The lowest BCUT2D eigenvalue weighted by Crippen LogP contribution is -2.48. The number of aromatic nitrogens is 3. The first kappa shape index (κ1) is 37.5. The molecule has 0 saturated carbocycles. The fourth-order valence-electron chi connectivity index (χ4n) is 6.19. The molecule has 2 atom stereocenters. The predicted octanol–water partition coefficient (Wildman–Crippen LogP) is 4.80. The van der Waals surface area contributed by atoms with Crippen molar-refractivity contribution < 1.29 is 33.4 Å². The van der Waals surface area contributed by atoms with Crippen molar-refractivity contribution in [1.82, 2.24) is 30.9 Å². The number of nitriles is 1. The van der Waals surface area contributed by atoms with Gasteiger partial charge in [0.1, 0.15) is 42.6 Å². The predicted molar refractivity (Wildman–Crippen MR) is 195 cm³/mol. The Morgan fingerprint density at radius 1 is 1.02 bits per heavy atom. The number of H-pyrrole nitrogens is 1. The number of carboxylic acids is 1. The molecule has 6 rings (SSSR count). The molecule has 3 aromatic carbocycles. The van der Waals surface area contributed by atoms with Gasteiger partial charge in [0.25, 0.3) is 0 Å². The van der Waals surface area contributed by atoms with Gasteiger partial charge in [0, 0.05) is 60.0 Å². The number of carbonyl (C=O) groups is 3. The lowest BCUT2D eigenvalue weighted by molar-refractivity contribution is -0.137. The number of benzene rings is 3. The summed E-state index contributed by atoms with van der Waals surface area (Å²) in [6, 6.07) is 18.7. The highest BCUT2D eigenvalue weighted by molar-refractivity contribution is 6.32. The van der Waals surface area contributed by atoms with Crippen LogP contribution in [0.5, 0.6) is 11.5 Å². The molecule has 0 saturated heterocycles. The van der Waals surface area contributed by atoms with Crippen LogP contribution in [0.2, 0.25) is 5.02 Å². The SMILES string of the molecule is N#Cc1cncc(COc2cc(O[C@H]3CCc4c(-c5ccccc5F)cccc43)c(Cl)cc2CN[C@@H](Cc2cnc[nH]2)C(=O)NCC(=O)NCC(=O)O)c1. The summed E-state index contributed by atoms with van der Waals surface area (Å²) < 4.78 is 27.6. The fourth-order valence-corrected chi connectivity index (χ4v) is 6.42. The van der Waals surface area contributed by atoms with Crippen LogP contribution in [-0.2, 0) is 40.4 Å². The van der Waals surface area contributed by atoms with Gasteiger partial charge in [0.2, 0.25) is 11.8 Å². The number of amides is 2. The summed E-state index contributed by atoms with van der Waals surface area (Å²) in [4.78, 5) is 47.3. The van der Waals surface area contributed by atoms with Crippen LogP contribution in [0.25, 0.3) is 11.1 Å². The average Bonchev–Trinajstić information content (AvgIpc) is 3.85. The molecule has 15 heteroatoms. The van der Waals surface area contributed by atoms with Crippen molar-refractivity contribution in [2.75, 3.05) is 13.1 Å². The van der Waals surface area contributed by atoms with Gasteiger partial charge in [-0.2, -0.15) is 5.26 Å². The summed E-state index contributed by atoms with van der Waals surface area (Å²) in [6.07, 6.45) is 7.22. The Morgan fingerprint density at radius 2 is 1.85 bits per heavy atom. The second kappa shape index (κ2) is 17.5. The summed E-state index contributed by atoms with van der Waals surface area (Å²) in [6.45, 7) is -0.867. The number of aromatic amines is 1. The van der Waals surface area contributed by atoms with Crippen molar-refractivity contribution >= 4 is 29.4 Å². The molecule has 2 aromatic heterocycles. The maximum atomic E-state index is 14.8. The Balaban J connectivity index is 1.24. The molecule has 0 fully saturated rings. The summed E-state index contributed by atoms with van der Waals surface area (Å²) in [5.74, 6) is -1.95. The van der Waals surface area contributed by atoms with Crippen LogP contribution in [0, 0.1) is 17.1 Å². The molecule has 1 aliphatic carbocycles. The second-order valence-electron chi connectivity index (χ2n) is 12.5. The van der Waals surface area contributed by atoms with E-state index < -0.39 is 36.9 Å². The molecule has 0 spiro atoms. The summed E-state index contributed by atoms with van der Waals surface area (Å²) in [7, 11) is 0. The third kappa shape index (κ3) is 9.37. The summed E-state index contributed by atoms with van der Waals surface area (Å²) in [5.41, 5.74) is 5.52. The van der Waals surface area contributed by atoms with E-state index in [2.05, 4.69) is 37.0 Å². The van der Waals surface area contributed by atoms with Crippen molar-refractivity contribution in [2.24, 2.45) is 0 Å². The average molecular weight is 752 g/mol. The number of hydrogen-bond donors (Lipinski definition) is 5. The number of ether oxygens (including phenoxy) is 2. The topological polar surface area (TPSA) is 191 Å². The summed E-state index contributed by atoms with van der Waals surface area (Å²) >= 11 is 6.86. The third-order valence-electron chi connectivity index (χ3n) is 8.78. The smallest absolute Gasteiger partial charge is 0.322 e.